The molecule has 90 valence electrons. The summed E-state index contributed by atoms with van der Waals surface area (Å²) in [5, 5.41) is 23.5. The molecule has 0 saturated carbocycles. The van der Waals surface area contributed by atoms with Gasteiger partial charge in [-0.25, -0.2) is 10.2 Å². The minimum absolute atomic E-state index is 0.0693. The van der Waals surface area contributed by atoms with Crippen LogP contribution < -0.4 is 11.2 Å². The van der Waals surface area contributed by atoms with Crippen LogP contribution in [0, 0.1) is 10.1 Å². The first-order valence-corrected chi connectivity index (χ1v) is 4.96. The third-order valence-corrected chi connectivity index (χ3v) is 2.12. The van der Waals surface area contributed by atoms with Gasteiger partial charge in [0.25, 0.3) is 0 Å². The zero-order valence-corrected chi connectivity index (χ0v) is 9.84. The lowest BCUT2D eigenvalue weighted by Crippen LogP contribution is -2.24. The number of primary amides is 1. The molecule has 0 spiro atoms. The molecule has 17 heavy (non-hydrogen) atoms. The van der Waals surface area contributed by atoms with Gasteiger partial charge in [-0.05, 0) is 6.07 Å². The quantitative estimate of drug-likeness (QED) is 0.437. The zero-order valence-electron chi connectivity index (χ0n) is 8.25. The van der Waals surface area contributed by atoms with E-state index in [0.29, 0.717) is 4.47 Å². The second-order valence-electron chi connectivity index (χ2n) is 2.85. The van der Waals surface area contributed by atoms with Gasteiger partial charge < -0.3 is 10.8 Å². The number of phenols is 1. The number of aromatic hydroxyl groups is 1. The van der Waals surface area contributed by atoms with Crippen LogP contribution in [0.15, 0.2) is 21.7 Å². The number of hydrogen-bond donors (Lipinski definition) is 3. The van der Waals surface area contributed by atoms with Crippen molar-refractivity contribution in [2.75, 3.05) is 0 Å². The number of hydrazone groups is 1. The maximum absolute atomic E-state index is 10.6. The van der Waals surface area contributed by atoms with Gasteiger partial charge in [-0.1, -0.05) is 15.9 Å². The third kappa shape index (κ3) is 3.41. The minimum Gasteiger partial charge on any atom is -0.502 e. The predicted octanol–water partition coefficient (Wildman–Crippen LogP) is 1.07. The van der Waals surface area contributed by atoms with Crippen LogP contribution in [-0.2, 0) is 0 Å². The fourth-order valence-electron chi connectivity index (χ4n) is 1.01. The molecule has 8 nitrogen and oxygen atoms in total. The van der Waals surface area contributed by atoms with E-state index in [-0.39, 0.29) is 5.56 Å². The van der Waals surface area contributed by atoms with Crippen molar-refractivity contribution in [1.29, 1.82) is 0 Å². The number of rotatable bonds is 3. The number of carbonyl (C=O) groups excluding carboxylic acids is 1. The Labute approximate surface area is 103 Å². The van der Waals surface area contributed by atoms with Gasteiger partial charge in [-0.3, -0.25) is 10.1 Å². The highest BCUT2D eigenvalue weighted by molar-refractivity contribution is 9.10. The Bertz CT molecular complexity index is 503. The number of urea groups is 1. The van der Waals surface area contributed by atoms with Crippen LogP contribution in [0.4, 0.5) is 10.5 Å². The van der Waals surface area contributed by atoms with Crippen LogP contribution in [0.5, 0.6) is 5.75 Å². The van der Waals surface area contributed by atoms with E-state index in [1.54, 1.807) is 0 Å². The molecule has 9 heteroatoms. The van der Waals surface area contributed by atoms with Crippen LogP contribution in [0.2, 0.25) is 0 Å². The van der Waals surface area contributed by atoms with Gasteiger partial charge in [-0.2, -0.15) is 5.10 Å². The molecule has 1 rings (SSSR count). The normalized spacial score (nSPS) is 10.4. The van der Waals surface area contributed by atoms with Crippen LogP contribution in [-0.4, -0.2) is 22.3 Å². The van der Waals surface area contributed by atoms with E-state index in [9.17, 15) is 20.0 Å². The van der Waals surface area contributed by atoms with Crippen LogP contribution in [0.3, 0.4) is 0 Å². The molecule has 1 aromatic rings. The van der Waals surface area contributed by atoms with Crippen molar-refractivity contribution >= 4 is 33.9 Å². The zero-order chi connectivity index (χ0) is 13.0. The largest absolute Gasteiger partial charge is 0.502 e. The van der Waals surface area contributed by atoms with Crippen LogP contribution >= 0.6 is 15.9 Å². The molecular formula is C8H7BrN4O4. The van der Waals surface area contributed by atoms with E-state index in [4.69, 9.17) is 5.73 Å². The summed E-state index contributed by atoms with van der Waals surface area (Å²) in [5.41, 5.74) is 6.26. The number of nitrogens with two attached hydrogens (primary N) is 1. The molecule has 0 saturated heterocycles. The molecular weight excluding hydrogens is 296 g/mol. The fourth-order valence-corrected chi connectivity index (χ4v) is 1.47. The first-order chi connectivity index (χ1) is 7.91. The fraction of sp³-hybridized carbons (Fsp3) is 0. The lowest BCUT2D eigenvalue weighted by atomic mass is 10.2. The van der Waals surface area contributed by atoms with Crippen molar-refractivity contribution < 1.29 is 14.8 Å². The van der Waals surface area contributed by atoms with Gasteiger partial charge in [0.05, 0.1) is 11.1 Å². The Hall–Kier alpha value is -2.16. The Balaban J connectivity index is 3.11. The monoisotopic (exact) mass is 302 g/mol. The third-order valence-electron chi connectivity index (χ3n) is 1.66. The standard InChI is InChI=1S/C8H7BrN4O4/c9-5-1-4(3-11-12-8(10)15)7(14)6(2-5)13(16)17/h1-3,14H,(H3,10,12,15)/b11-3-. The van der Waals surface area contributed by atoms with Crippen molar-refractivity contribution in [1.82, 2.24) is 5.43 Å². The molecule has 0 heterocycles. The molecule has 0 atom stereocenters. The number of nitrogens with zero attached hydrogens (tertiary/aromatic N) is 2. The average Bonchev–Trinajstić information content (AvgIpc) is 2.21. The summed E-state index contributed by atoms with van der Waals surface area (Å²) >= 11 is 3.05. The molecule has 0 fully saturated rings. The number of nitro benzene ring substituents is 1. The number of halogens is 1. The number of phenolic OH excluding ortho intramolecular Hbond substituents is 1. The topological polar surface area (TPSA) is 131 Å². The first kappa shape index (κ1) is 12.9. The molecule has 0 aliphatic carbocycles. The summed E-state index contributed by atoms with van der Waals surface area (Å²) < 4.78 is 0.391. The number of nitrogens with one attached hydrogen (secondary N) is 1. The number of amides is 2. The molecule has 0 unspecified atom stereocenters. The Morgan fingerprint density at radius 2 is 2.29 bits per heavy atom. The molecule has 1 aromatic carbocycles. The summed E-state index contributed by atoms with van der Waals surface area (Å²) in [4.78, 5) is 20.2. The van der Waals surface area contributed by atoms with Crippen molar-refractivity contribution in [3.63, 3.8) is 0 Å². The lowest BCUT2D eigenvalue weighted by Gasteiger charge is -2.01. The van der Waals surface area contributed by atoms with E-state index >= 15 is 0 Å². The van der Waals surface area contributed by atoms with E-state index in [1.807, 2.05) is 5.43 Å². The second-order valence-corrected chi connectivity index (χ2v) is 3.77. The smallest absolute Gasteiger partial charge is 0.332 e. The van der Waals surface area contributed by atoms with E-state index in [2.05, 4.69) is 21.0 Å². The highest BCUT2D eigenvalue weighted by Crippen LogP contribution is 2.32. The highest BCUT2D eigenvalue weighted by atomic mass is 79.9. The number of nitro groups is 1. The van der Waals surface area contributed by atoms with E-state index in [0.717, 1.165) is 12.3 Å². The SMILES string of the molecule is NC(=O)N/N=C\c1cc(Br)cc([N+](=O)[O-])c1O. The molecule has 0 bridgehead atoms. The Morgan fingerprint density at radius 1 is 1.65 bits per heavy atom. The van der Waals surface area contributed by atoms with Gasteiger partial charge in [0.1, 0.15) is 0 Å². The van der Waals surface area contributed by atoms with Crippen molar-refractivity contribution in [3.8, 4) is 5.75 Å². The molecule has 0 aliphatic heterocycles. The van der Waals surface area contributed by atoms with Crippen LogP contribution in [0.1, 0.15) is 5.56 Å². The van der Waals surface area contributed by atoms with Gasteiger partial charge >= 0.3 is 11.7 Å². The Morgan fingerprint density at radius 3 is 2.82 bits per heavy atom. The summed E-state index contributed by atoms with van der Waals surface area (Å²) in [6, 6.07) is 1.66. The first-order valence-electron chi connectivity index (χ1n) is 4.17. The summed E-state index contributed by atoms with van der Waals surface area (Å²) in [6.45, 7) is 0. The van der Waals surface area contributed by atoms with Crippen molar-refractivity contribution in [2.45, 2.75) is 0 Å². The van der Waals surface area contributed by atoms with E-state index < -0.39 is 22.4 Å². The Kier molecular flexibility index (Phi) is 3.99. The van der Waals surface area contributed by atoms with Crippen molar-refractivity contribution in [2.24, 2.45) is 10.8 Å². The number of benzene rings is 1. The maximum atomic E-state index is 10.6. The lowest BCUT2D eigenvalue weighted by molar-refractivity contribution is -0.385. The van der Waals surface area contributed by atoms with E-state index in [1.165, 1.54) is 6.07 Å². The summed E-state index contributed by atoms with van der Waals surface area (Å²) in [5.74, 6) is -0.548. The number of carbonyl (C=O) groups is 1. The maximum Gasteiger partial charge on any atom is 0.332 e. The second kappa shape index (κ2) is 5.25. The summed E-state index contributed by atoms with van der Waals surface area (Å²) in [7, 11) is 0. The molecule has 2 amide bonds. The predicted molar refractivity (Wildman–Crippen MR) is 62.8 cm³/mol. The van der Waals surface area contributed by atoms with Gasteiger partial charge in [0, 0.05) is 16.1 Å². The molecule has 0 aromatic heterocycles. The molecule has 4 N–H and O–H groups in total. The minimum atomic E-state index is -0.884. The molecule has 0 radical (unpaired) electrons. The number of hydrogen-bond acceptors (Lipinski definition) is 5. The van der Waals surface area contributed by atoms with Gasteiger partial charge in [0.2, 0.25) is 5.75 Å². The van der Waals surface area contributed by atoms with Gasteiger partial charge in [-0.15, -0.1) is 0 Å². The van der Waals surface area contributed by atoms with Gasteiger partial charge in [0.15, 0.2) is 0 Å². The van der Waals surface area contributed by atoms with Crippen LogP contribution in [0.25, 0.3) is 0 Å². The molecule has 0 aliphatic rings. The average molecular weight is 303 g/mol. The van der Waals surface area contributed by atoms with Crippen molar-refractivity contribution in [3.05, 3.63) is 32.3 Å². The summed E-state index contributed by atoms with van der Waals surface area (Å²) in [6.07, 6.45) is 1.04. The highest BCUT2D eigenvalue weighted by Gasteiger charge is 2.17.